The lowest BCUT2D eigenvalue weighted by molar-refractivity contribution is 0.281. The Bertz CT molecular complexity index is 1260. The molecule has 0 aliphatic rings. The number of methoxy groups -OCH3 is 1. The van der Waals surface area contributed by atoms with Crippen LogP contribution < -0.4 is 5.56 Å². The molecule has 0 spiro atoms. The van der Waals surface area contributed by atoms with Gasteiger partial charge in [-0.1, -0.05) is 62.2 Å². The molecule has 1 aromatic heterocycles. The van der Waals surface area contributed by atoms with E-state index in [4.69, 9.17) is 0 Å². The van der Waals surface area contributed by atoms with Crippen LogP contribution in [0.2, 0.25) is 0 Å². The quantitative estimate of drug-likeness (QED) is 0.156. The van der Waals surface area contributed by atoms with Gasteiger partial charge < -0.3 is 9.72 Å². The van der Waals surface area contributed by atoms with Crippen LogP contribution in [0, 0.1) is 11.6 Å². The first-order valence-corrected chi connectivity index (χ1v) is 10.7. The Morgan fingerprint density at radius 1 is 1.00 bits per heavy atom. The lowest BCUT2D eigenvalue weighted by Gasteiger charge is -2.09. The third-order valence-electron chi connectivity index (χ3n) is 4.83. The second-order valence-electron chi connectivity index (χ2n) is 7.50. The number of ether oxygens (including phenoxy) is 1. The third-order valence-corrected chi connectivity index (χ3v) is 4.83. The van der Waals surface area contributed by atoms with Crippen molar-refractivity contribution in [2.75, 3.05) is 7.11 Å². The molecule has 0 saturated carbocycles. The van der Waals surface area contributed by atoms with Gasteiger partial charge in [0.2, 0.25) is 11.4 Å². The van der Waals surface area contributed by atoms with E-state index in [0.29, 0.717) is 11.1 Å². The molecule has 0 unspecified atom stereocenters. The summed E-state index contributed by atoms with van der Waals surface area (Å²) in [5.74, 6) is -5.02. The van der Waals surface area contributed by atoms with Gasteiger partial charge in [0, 0.05) is 29.0 Å². The van der Waals surface area contributed by atoms with Crippen molar-refractivity contribution in [3.05, 3.63) is 143 Å². The Morgan fingerprint density at radius 3 is 2.19 bits per heavy atom. The second kappa shape index (κ2) is 14.3. The van der Waals surface area contributed by atoms with E-state index in [1.54, 1.807) is 6.08 Å². The summed E-state index contributed by atoms with van der Waals surface area (Å²) in [4.78, 5) is 13.6. The van der Waals surface area contributed by atoms with E-state index in [2.05, 4.69) is 42.6 Å². The number of pyridine rings is 1. The molecule has 0 atom stereocenters. The van der Waals surface area contributed by atoms with Crippen molar-refractivity contribution < 1.29 is 22.3 Å². The van der Waals surface area contributed by atoms with Gasteiger partial charge in [-0.05, 0) is 37.0 Å². The van der Waals surface area contributed by atoms with Gasteiger partial charge in [-0.2, -0.15) is 4.39 Å². The highest BCUT2D eigenvalue weighted by molar-refractivity contribution is 5.63. The summed E-state index contributed by atoms with van der Waals surface area (Å²) in [7, 11) is 1.16. The highest BCUT2D eigenvalue weighted by atomic mass is 19.2. The molecule has 0 amide bonds. The number of aryl methyl sites for hydroxylation is 1. The molecule has 36 heavy (non-hydrogen) atoms. The molecule has 1 N–H and O–H groups in total. The van der Waals surface area contributed by atoms with E-state index in [1.165, 1.54) is 42.6 Å². The van der Waals surface area contributed by atoms with Gasteiger partial charge >= 0.3 is 0 Å². The molecule has 2 aromatic rings. The summed E-state index contributed by atoms with van der Waals surface area (Å²) in [6, 6.07) is 5.52. The van der Waals surface area contributed by atoms with Crippen molar-refractivity contribution in [3.63, 3.8) is 0 Å². The van der Waals surface area contributed by atoms with Gasteiger partial charge in [0.25, 0.3) is 0 Å². The van der Waals surface area contributed by atoms with Crippen molar-refractivity contribution in [2.45, 2.75) is 19.8 Å². The van der Waals surface area contributed by atoms with Gasteiger partial charge in [0.15, 0.2) is 17.5 Å². The molecular weight excluding hydrogens is 470 g/mol. The molecule has 0 fully saturated rings. The molecule has 3 nitrogen and oxygen atoms in total. The Balaban J connectivity index is 0.00000205. The van der Waals surface area contributed by atoms with Crippen LogP contribution >= 0.6 is 0 Å². The minimum atomic E-state index is -1.28. The average Bonchev–Trinajstić information content (AvgIpc) is 2.87. The standard InChI is InChI=1S/C26H23F4NO2.C3H6/c1-15(6-8-16(2)17(3)23(27)24(28)18(4)33-5)7-9-19-10-12-21(26(30)25(19)29)20-11-13-22(32)31-14-20;1-3-2/h6,8,10-14H,1-4,7,9H2,5H3,(H,31,32);3H,1H2,2H3/b8-6-,24-23-;. The first-order valence-electron chi connectivity index (χ1n) is 10.7. The smallest absolute Gasteiger partial charge is 0.247 e. The molecule has 0 radical (unpaired) electrons. The number of aromatic amines is 1. The molecule has 0 aliphatic heterocycles. The number of H-pyrrole nitrogens is 1. The van der Waals surface area contributed by atoms with Crippen LogP contribution in [0.1, 0.15) is 18.9 Å². The molecular formula is C29H29F4NO2. The number of nitrogens with one attached hydrogen (secondary N) is 1. The van der Waals surface area contributed by atoms with Crippen LogP contribution in [0.5, 0.6) is 0 Å². The SMILES string of the molecule is C=C(/C=C\C(=C)C(=C)/C(F)=C(/F)C(=C)OC)CCc1ccc(-c2ccc(=O)[nH]c2)c(F)c1F.C=CC. The van der Waals surface area contributed by atoms with Gasteiger partial charge in [0.05, 0.1) is 7.11 Å². The number of aromatic nitrogens is 1. The van der Waals surface area contributed by atoms with Gasteiger partial charge in [-0.3, -0.25) is 4.79 Å². The molecule has 0 saturated heterocycles. The summed E-state index contributed by atoms with van der Waals surface area (Å²) in [6.07, 6.45) is 6.39. The summed E-state index contributed by atoms with van der Waals surface area (Å²) in [6.45, 7) is 19.4. The Hall–Kier alpha value is -4.13. The minimum absolute atomic E-state index is 0.0273. The van der Waals surface area contributed by atoms with Crippen molar-refractivity contribution in [2.24, 2.45) is 0 Å². The maximum atomic E-state index is 14.5. The highest BCUT2D eigenvalue weighted by Gasteiger charge is 2.16. The zero-order valence-corrected chi connectivity index (χ0v) is 20.4. The summed E-state index contributed by atoms with van der Waals surface area (Å²) < 4.78 is 61.5. The topological polar surface area (TPSA) is 42.1 Å². The van der Waals surface area contributed by atoms with Crippen LogP contribution in [0.4, 0.5) is 17.6 Å². The summed E-state index contributed by atoms with van der Waals surface area (Å²) in [5.41, 5.74) is 0.497. The maximum absolute atomic E-state index is 14.5. The van der Waals surface area contributed by atoms with Crippen molar-refractivity contribution in [1.29, 1.82) is 0 Å². The van der Waals surface area contributed by atoms with Crippen molar-refractivity contribution in [3.8, 4) is 11.1 Å². The summed E-state index contributed by atoms with van der Waals surface area (Å²) >= 11 is 0. The predicted molar refractivity (Wildman–Crippen MR) is 139 cm³/mol. The lowest BCUT2D eigenvalue weighted by Crippen LogP contribution is -2.03. The lowest BCUT2D eigenvalue weighted by atomic mass is 9.99. The number of allylic oxidation sites excluding steroid dienone is 8. The van der Waals surface area contributed by atoms with E-state index >= 15 is 0 Å². The van der Waals surface area contributed by atoms with Crippen LogP contribution in [0.15, 0.2) is 121 Å². The molecule has 190 valence electrons. The molecule has 1 heterocycles. The summed E-state index contributed by atoms with van der Waals surface area (Å²) in [5, 5.41) is 0. The van der Waals surface area contributed by atoms with Crippen LogP contribution in [-0.2, 0) is 11.2 Å². The zero-order valence-electron chi connectivity index (χ0n) is 20.4. The fourth-order valence-corrected chi connectivity index (χ4v) is 2.77. The van der Waals surface area contributed by atoms with Crippen LogP contribution in [0.3, 0.4) is 0 Å². The first kappa shape index (κ1) is 29.9. The van der Waals surface area contributed by atoms with Crippen molar-refractivity contribution >= 4 is 0 Å². The first-order chi connectivity index (χ1) is 17.0. The number of hydrogen-bond acceptors (Lipinski definition) is 2. The molecule has 0 bridgehead atoms. The monoisotopic (exact) mass is 499 g/mol. The molecule has 2 rings (SSSR count). The number of benzene rings is 1. The predicted octanol–water partition coefficient (Wildman–Crippen LogP) is 7.98. The number of hydrogen-bond donors (Lipinski definition) is 1. The van der Waals surface area contributed by atoms with E-state index in [9.17, 15) is 22.4 Å². The molecule has 1 aromatic carbocycles. The highest BCUT2D eigenvalue weighted by Crippen LogP contribution is 2.28. The maximum Gasteiger partial charge on any atom is 0.247 e. The van der Waals surface area contributed by atoms with Gasteiger partial charge in [-0.25, -0.2) is 13.2 Å². The van der Waals surface area contributed by atoms with E-state index in [-0.39, 0.29) is 40.7 Å². The van der Waals surface area contributed by atoms with Crippen LogP contribution in [-0.4, -0.2) is 12.1 Å². The zero-order chi connectivity index (χ0) is 27.4. The minimum Gasteiger partial charge on any atom is -0.494 e. The van der Waals surface area contributed by atoms with Gasteiger partial charge in [-0.15, -0.1) is 6.58 Å². The Kier molecular flexibility index (Phi) is 11.9. The Morgan fingerprint density at radius 2 is 1.64 bits per heavy atom. The third kappa shape index (κ3) is 8.27. The fourth-order valence-electron chi connectivity index (χ4n) is 2.77. The van der Waals surface area contributed by atoms with Gasteiger partial charge in [0.1, 0.15) is 5.76 Å². The normalized spacial score (nSPS) is 11.2. The Labute approximate surface area is 208 Å². The molecule has 7 heteroatoms. The van der Waals surface area contributed by atoms with E-state index in [0.717, 1.165) is 7.11 Å². The van der Waals surface area contributed by atoms with Crippen LogP contribution in [0.25, 0.3) is 11.1 Å². The number of rotatable bonds is 10. The van der Waals surface area contributed by atoms with E-state index < -0.39 is 29.0 Å². The fraction of sp³-hybridized carbons (Fsp3) is 0.138. The van der Waals surface area contributed by atoms with E-state index in [1.807, 2.05) is 6.92 Å². The average molecular weight is 500 g/mol. The largest absolute Gasteiger partial charge is 0.494 e. The van der Waals surface area contributed by atoms with Crippen molar-refractivity contribution in [1.82, 2.24) is 4.98 Å². The molecule has 0 aliphatic carbocycles. The second-order valence-corrected chi connectivity index (χ2v) is 7.50. The number of halogens is 4.